The van der Waals surface area contributed by atoms with Crippen molar-refractivity contribution in [2.45, 2.75) is 5.92 Å². The van der Waals surface area contributed by atoms with Crippen molar-refractivity contribution < 1.29 is 5.11 Å². The van der Waals surface area contributed by atoms with Gasteiger partial charge in [-0.05, 0) is 11.6 Å². The molecule has 1 unspecified atom stereocenters. The van der Waals surface area contributed by atoms with Crippen molar-refractivity contribution in [1.82, 2.24) is 5.01 Å². The molecule has 0 saturated heterocycles. The second-order valence-corrected chi connectivity index (χ2v) is 4.19. The van der Waals surface area contributed by atoms with Gasteiger partial charge in [-0.3, -0.25) is 5.84 Å². The van der Waals surface area contributed by atoms with Crippen LogP contribution < -0.4 is 5.84 Å². The minimum atomic E-state index is 0.0561. The number of hydrogen-bond acceptors (Lipinski definition) is 3. The highest BCUT2D eigenvalue weighted by atomic mass is 79.9. The van der Waals surface area contributed by atoms with E-state index in [-0.39, 0.29) is 12.5 Å². The quantitative estimate of drug-likeness (QED) is 0.633. The van der Waals surface area contributed by atoms with E-state index < -0.39 is 0 Å². The van der Waals surface area contributed by atoms with Crippen molar-refractivity contribution in [3.8, 4) is 0 Å². The highest BCUT2D eigenvalue weighted by Gasteiger charge is 2.13. The molecular weight excluding hydrogens is 244 g/mol. The van der Waals surface area contributed by atoms with Crippen LogP contribution in [-0.2, 0) is 0 Å². The summed E-state index contributed by atoms with van der Waals surface area (Å²) in [6, 6.07) is 7.87. The summed E-state index contributed by atoms with van der Waals surface area (Å²) in [6.07, 6.45) is 0. The van der Waals surface area contributed by atoms with E-state index in [9.17, 15) is 5.11 Å². The number of aliphatic hydroxyl groups excluding tert-OH is 1. The molecule has 1 rings (SSSR count). The maximum Gasteiger partial charge on any atom is 0.0513 e. The Morgan fingerprint density at radius 2 is 2.14 bits per heavy atom. The molecule has 0 spiro atoms. The van der Waals surface area contributed by atoms with Gasteiger partial charge in [0.25, 0.3) is 0 Å². The van der Waals surface area contributed by atoms with Crippen molar-refractivity contribution in [1.29, 1.82) is 0 Å². The number of rotatable bonds is 4. The summed E-state index contributed by atoms with van der Waals surface area (Å²) in [6.45, 7) is 0.739. The van der Waals surface area contributed by atoms with Crippen LogP contribution in [0.25, 0.3) is 0 Å². The molecule has 0 bridgehead atoms. The normalized spacial score (nSPS) is 13.2. The first-order chi connectivity index (χ1) is 6.65. The molecule has 0 fully saturated rings. The number of nitrogens with zero attached hydrogens (tertiary/aromatic N) is 1. The van der Waals surface area contributed by atoms with Crippen LogP contribution in [0.4, 0.5) is 0 Å². The standard InChI is InChI=1S/C10H15BrN2O/c1-13(12)6-8(7-14)9-4-2-3-5-10(9)11/h2-5,8,14H,6-7,12H2,1H3. The zero-order valence-electron chi connectivity index (χ0n) is 8.15. The Balaban J connectivity index is 2.83. The molecule has 0 radical (unpaired) electrons. The summed E-state index contributed by atoms with van der Waals surface area (Å²) >= 11 is 3.46. The molecule has 0 saturated carbocycles. The first kappa shape index (κ1) is 11.7. The summed E-state index contributed by atoms with van der Waals surface area (Å²) in [5.41, 5.74) is 1.09. The smallest absolute Gasteiger partial charge is 0.0513 e. The van der Waals surface area contributed by atoms with Crippen molar-refractivity contribution in [3.05, 3.63) is 34.3 Å². The number of nitrogens with two attached hydrogens (primary N) is 1. The molecule has 1 atom stereocenters. The van der Waals surface area contributed by atoms with Gasteiger partial charge < -0.3 is 5.11 Å². The van der Waals surface area contributed by atoms with Gasteiger partial charge in [0.05, 0.1) is 6.61 Å². The van der Waals surface area contributed by atoms with Crippen LogP contribution in [0.3, 0.4) is 0 Å². The van der Waals surface area contributed by atoms with Crippen LogP contribution in [0.15, 0.2) is 28.7 Å². The van der Waals surface area contributed by atoms with Gasteiger partial charge in [-0.1, -0.05) is 34.1 Å². The number of halogens is 1. The molecule has 0 aliphatic carbocycles. The summed E-state index contributed by atoms with van der Waals surface area (Å²) in [7, 11) is 1.79. The third-order valence-corrected chi connectivity index (χ3v) is 2.80. The molecule has 3 N–H and O–H groups in total. The summed E-state index contributed by atoms with van der Waals surface area (Å²) in [5.74, 6) is 5.62. The van der Waals surface area contributed by atoms with Crippen LogP contribution in [0.1, 0.15) is 11.5 Å². The molecule has 0 aliphatic rings. The fraction of sp³-hybridized carbons (Fsp3) is 0.400. The van der Waals surface area contributed by atoms with Gasteiger partial charge in [-0.25, -0.2) is 5.01 Å². The van der Waals surface area contributed by atoms with Gasteiger partial charge >= 0.3 is 0 Å². The lowest BCUT2D eigenvalue weighted by Gasteiger charge is -2.20. The summed E-state index contributed by atoms with van der Waals surface area (Å²) in [4.78, 5) is 0. The Morgan fingerprint density at radius 1 is 1.50 bits per heavy atom. The Hall–Kier alpha value is -0.420. The second-order valence-electron chi connectivity index (χ2n) is 3.34. The van der Waals surface area contributed by atoms with Crippen molar-refractivity contribution in [3.63, 3.8) is 0 Å². The lowest BCUT2D eigenvalue weighted by molar-refractivity contribution is 0.222. The lowest BCUT2D eigenvalue weighted by atomic mass is 10.00. The average Bonchev–Trinajstić information content (AvgIpc) is 2.15. The average molecular weight is 259 g/mol. The molecule has 4 heteroatoms. The molecule has 14 heavy (non-hydrogen) atoms. The Morgan fingerprint density at radius 3 is 2.64 bits per heavy atom. The summed E-state index contributed by atoms with van der Waals surface area (Å²) < 4.78 is 1.01. The monoisotopic (exact) mass is 258 g/mol. The van der Waals surface area contributed by atoms with E-state index in [1.165, 1.54) is 0 Å². The molecule has 3 nitrogen and oxygen atoms in total. The second kappa shape index (κ2) is 5.46. The van der Waals surface area contributed by atoms with Gasteiger partial charge in [-0.2, -0.15) is 0 Å². The number of benzene rings is 1. The SMILES string of the molecule is CN(N)CC(CO)c1ccccc1Br. The Labute approximate surface area is 92.6 Å². The van der Waals surface area contributed by atoms with Gasteiger partial charge in [0.2, 0.25) is 0 Å². The van der Waals surface area contributed by atoms with E-state index in [4.69, 9.17) is 5.84 Å². The van der Waals surface area contributed by atoms with E-state index >= 15 is 0 Å². The molecule has 1 aromatic rings. The number of likely N-dealkylation sites (N-methyl/N-ethyl adjacent to an activating group) is 1. The van der Waals surface area contributed by atoms with Crippen molar-refractivity contribution in [2.75, 3.05) is 20.2 Å². The molecule has 0 aromatic heterocycles. The van der Waals surface area contributed by atoms with Gasteiger partial charge in [-0.15, -0.1) is 0 Å². The molecular formula is C10H15BrN2O. The fourth-order valence-corrected chi connectivity index (χ4v) is 2.02. The van der Waals surface area contributed by atoms with E-state index in [0.29, 0.717) is 6.54 Å². The third-order valence-electron chi connectivity index (χ3n) is 2.07. The van der Waals surface area contributed by atoms with Gasteiger partial charge in [0.15, 0.2) is 0 Å². The zero-order chi connectivity index (χ0) is 10.6. The van der Waals surface area contributed by atoms with E-state index in [0.717, 1.165) is 10.0 Å². The molecule has 1 aromatic carbocycles. The first-order valence-corrected chi connectivity index (χ1v) is 5.25. The van der Waals surface area contributed by atoms with E-state index in [1.807, 2.05) is 24.3 Å². The predicted molar refractivity (Wildman–Crippen MR) is 60.8 cm³/mol. The fourth-order valence-electron chi connectivity index (χ4n) is 1.41. The lowest BCUT2D eigenvalue weighted by Crippen LogP contribution is -2.32. The van der Waals surface area contributed by atoms with E-state index in [1.54, 1.807) is 12.1 Å². The van der Waals surface area contributed by atoms with E-state index in [2.05, 4.69) is 15.9 Å². The minimum Gasteiger partial charge on any atom is -0.396 e. The largest absolute Gasteiger partial charge is 0.396 e. The highest BCUT2D eigenvalue weighted by Crippen LogP contribution is 2.24. The molecule has 0 aliphatic heterocycles. The Bertz CT molecular complexity index is 291. The van der Waals surface area contributed by atoms with Gasteiger partial charge in [0, 0.05) is 24.0 Å². The molecule has 0 heterocycles. The molecule has 0 amide bonds. The minimum absolute atomic E-state index is 0.0561. The van der Waals surface area contributed by atoms with Crippen molar-refractivity contribution in [2.24, 2.45) is 5.84 Å². The van der Waals surface area contributed by atoms with Crippen molar-refractivity contribution >= 4 is 15.9 Å². The maximum atomic E-state index is 9.25. The molecule has 78 valence electrons. The van der Waals surface area contributed by atoms with Crippen LogP contribution in [0.2, 0.25) is 0 Å². The van der Waals surface area contributed by atoms with Crippen LogP contribution in [0.5, 0.6) is 0 Å². The topological polar surface area (TPSA) is 49.5 Å². The third kappa shape index (κ3) is 3.06. The summed E-state index contributed by atoms with van der Waals surface area (Å²) in [5, 5.41) is 10.8. The van der Waals surface area contributed by atoms with Crippen LogP contribution in [0, 0.1) is 0 Å². The Kier molecular flexibility index (Phi) is 4.54. The van der Waals surface area contributed by atoms with Gasteiger partial charge in [0.1, 0.15) is 0 Å². The maximum absolute atomic E-state index is 9.25. The van der Waals surface area contributed by atoms with Crippen LogP contribution in [-0.4, -0.2) is 30.3 Å². The highest BCUT2D eigenvalue weighted by molar-refractivity contribution is 9.10. The number of aliphatic hydroxyl groups is 1. The predicted octanol–water partition coefficient (Wildman–Crippen LogP) is 1.33. The zero-order valence-corrected chi connectivity index (χ0v) is 9.74. The van der Waals surface area contributed by atoms with Crippen LogP contribution >= 0.6 is 15.9 Å². The number of hydrogen-bond donors (Lipinski definition) is 2. The first-order valence-electron chi connectivity index (χ1n) is 4.46. The number of hydrazine groups is 1.